The summed E-state index contributed by atoms with van der Waals surface area (Å²) in [5.41, 5.74) is 0.465. The molecule has 0 amide bonds. The van der Waals surface area contributed by atoms with Crippen molar-refractivity contribution in [3.63, 3.8) is 0 Å². The third kappa shape index (κ3) is 15.6. The summed E-state index contributed by atoms with van der Waals surface area (Å²) in [6.07, 6.45) is 5.49. The van der Waals surface area contributed by atoms with Gasteiger partial charge in [-0.3, -0.25) is 0 Å². The van der Waals surface area contributed by atoms with E-state index < -0.39 is 0 Å². The van der Waals surface area contributed by atoms with Crippen LogP contribution in [0.25, 0.3) is 0 Å². The van der Waals surface area contributed by atoms with Gasteiger partial charge in [-0.1, -0.05) is 46.8 Å². The van der Waals surface area contributed by atoms with Gasteiger partial charge in [-0.2, -0.15) is 0 Å². The molecule has 0 aromatic heterocycles. The van der Waals surface area contributed by atoms with Crippen LogP contribution in [0.15, 0.2) is 12.2 Å². The fourth-order valence-corrected chi connectivity index (χ4v) is 0.471. The highest BCUT2D eigenvalue weighted by molar-refractivity contribution is 4.82. The van der Waals surface area contributed by atoms with Crippen molar-refractivity contribution in [2.75, 3.05) is 0 Å². The lowest BCUT2D eigenvalue weighted by atomic mass is 9.92. The van der Waals surface area contributed by atoms with Crippen molar-refractivity contribution in [2.24, 2.45) is 5.41 Å². The summed E-state index contributed by atoms with van der Waals surface area (Å²) in [6.45, 7) is 12.8. The summed E-state index contributed by atoms with van der Waals surface area (Å²) in [5.74, 6) is 0. The summed E-state index contributed by atoms with van der Waals surface area (Å²) >= 11 is 0. The zero-order valence-electron chi connectivity index (χ0n) is 8.36. The van der Waals surface area contributed by atoms with Gasteiger partial charge >= 0.3 is 0 Å². The van der Waals surface area contributed by atoms with Crippen molar-refractivity contribution in [1.29, 1.82) is 0 Å². The third-order valence-corrected chi connectivity index (χ3v) is 0.966. The lowest BCUT2D eigenvalue weighted by Gasteiger charge is -2.13. The fraction of sp³-hybridized carbons (Fsp3) is 0.800. The van der Waals surface area contributed by atoms with Crippen molar-refractivity contribution < 1.29 is 0 Å². The molecular weight excluding hydrogens is 120 g/mol. The second kappa shape index (κ2) is 6.85. The van der Waals surface area contributed by atoms with Gasteiger partial charge in [0, 0.05) is 0 Å². The van der Waals surface area contributed by atoms with E-state index in [1.807, 2.05) is 13.8 Å². The average Bonchev–Trinajstić information content (AvgIpc) is 1.87. The number of hydrogen-bond donors (Lipinski definition) is 0. The van der Waals surface area contributed by atoms with Crippen molar-refractivity contribution in [1.82, 2.24) is 0 Å². The van der Waals surface area contributed by atoms with E-state index >= 15 is 0 Å². The quantitative estimate of drug-likeness (QED) is 0.485. The van der Waals surface area contributed by atoms with Gasteiger partial charge < -0.3 is 0 Å². The minimum atomic E-state index is 0.465. The predicted octanol–water partition coefficient (Wildman–Crippen LogP) is 4.02. The van der Waals surface area contributed by atoms with Crippen LogP contribution in [0.3, 0.4) is 0 Å². The van der Waals surface area contributed by atoms with E-state index in [9.17, 15) is 0 Å². The first-order valence-corrected chi connectivity index (χ1v) is 4.17. The number of allylic oxidation sites excluding steroid dienone is 2. The Morgan fingerprint density at radius 3 is 1.60 bits per heavy atom. The lowest BCUT2D eigenvalue weighted by Crippen LogP contribution is -2.01. The molecular formula is C10H22. The molecule has 0 N–H and O–H groups in total. The molecule has 0 heteroatoms. The predicted molar refractivity (Wildman–Crippen MR) is 50.2 cm³/mol. The zero-order valence-corrected chi connectivity index (χ0v) is 8.36. The normalized spacial score (nSPS) is 11.0. The van der Waals surface area contributed by atoms with E-state index in [-0.39, 0.29) is 0 Å². The molecule has 0 saturated heterocycles. The van der Waals surface area contributed by atoms with Crippen molar-refractivity contribution in [3.8, 4) is 0 Å². The molecule has 0 radical (unpaired) electrons. The van der Waals surface area contributed by atoms with Gasteiger partial charge in [0.1, 0.15) is 0 Å². The van der Waals surface area contributed by atoms with Crippen LogP contribution >= 0.6 is 0 Å². The van der Waals surface area contributed by atoms with E-state index in [4.69, 9.17) is 0 Å². The summed E-state index contributed by atoms with van der Waals surface area (Å²) in [4.78, 5) is 0. The molecule has 0 aliphatic carbocycles. The monoisotopic (exact) mass is 142 g/mol. The largest absolute Gasteiger partial charge is 0.0916 e. The first-order chi connectivity index (χ1) is 4.56. The Kier molecular flexibility index (Phi) is 8.51. The van der Waals surface area contributed by atoms with Crippen LogP contribution in [0.5, 0.6) is 0 Å². The molecule has 0 atom stereocenters. The van der Waals surface area contributed by atoms with Gasteiger partial charge in [0.15, 0.2) is 0 Å². The van der Waals surface area contributed by atoms with Crippen molar-refractivity contribution >= 4 is 0 Å². The minimum Gasteiger partial charge on any atom is -0.0916 e. The van der Waals surface area contributed by atoms with Crippen LogP contribution in [0.2, 0.25) is 0 Å². The summed E-state index contributed by atoms with van der Waals surface area (Å²) < 4.78 is 0. The average molecular weight is 142 g/mol. The SMILES string of the molecule is C/C=C\CC(C)(C)C.CC. The molecule has 0 aliphatic heterocycles. The standard InChI is InChI=1S/C8H16.C2H6/c1-5-6-7-8(2,3)4;1-2/h5-6H,7H2,1-4H3;1-2H3/b6-5-;. The van der Waals surface area contributed by atoms with E-state index in [0.29, 0.717) is 5.41 Å². The molecule has 0 spiro atoms. The van der Waals surface area contributed by atoms with Gasteiger partial charge in [-0.15, -0.1) is 0 Å². The Morgan fingerprint density at radius 2 is 1.50 bits per heavy atom. The smallest absolute Gasteiger partial charge is 0.0302 e. The van der Waals surface area contributed by atoms with Gasteiger partial charge in [-0.25, -0.2) is 0 Å². The summed E-state index contributed by atoms with van der Waals surface area (Å²) in [6, 6.07) is 0. The first kappa shape index (κ1) is 12.4. The molecule has 0 aromatic carbocycles. The molecule has 0 unspecified atom stereocenters. The van der Waals surface area contributed by atoms with Crippen LogP contribution in [-0.4, -0.2) is 0 Å². The molecule has 0 nitrogen and oxygen atoms in total. The highest BCUT2D eigenvalue weighted by Crippen LogP contribution is 2.18. The molecule has 62 valence electrons. The van der Waals surface area contributed by atoms with Crippen LogP contribution in [0, 0.1) is 5.41 Å². The maximum Gasteiger partial charge on any atom is -0.0302 e. The molecule has 0 bridgehead atoms. The zero-order chi connectivity index (χ0) is 8.62. The van der Waals surface area contributed by atoms with E-state index in [1.165, 1.54) is 6.42 Å². The van der Waals surface area contributed by atoms with E-state index in [0.717, 1.165) is 0 Å². The molecule has 0 heterocycles. The Morgan fingerprint density at radius 1 is 1.10 bits per heavy atom. The summed E-state index contributed by atoms with van der Waals surface area (Å²) in [7, 11) is 0. The first-order valence-electron chi connectivity index (χ1n) is 4.17. The highest BCUT2D eigenvalue weighted by Gasteiger charge is 2.05. The lowest BCUT2D eigenvalue weighted by molar-refractivity contribution is 0.420. The Hall–Kier alpha value is -0.260. The maximum absolute atomic E-state index is 2.24. The van der Waals surface area contributed by atoms with Crippen molar-refractivity contribution in [2.45, 2.75) is 48.0 Å². The van der Waals surface area contributed by atoms with Crippen LogP contribution in [0.1, 0.15) is 48.0 Å². The molecule has 0 aromatic rings. The Bertz CT molecular complexity index is 72.5. The van der Waals surface area contributed by atoms with Gasteiger partial charge in [-0.05, 0) is 18.8 Å². The van der Waals surface area contributed by atoms with Gasteiger partial charge in [0.2, 0.25) is 0 Å². The van der Waals surface area contributed by atoms with Gasteiger partial charge in [0.05, 0.1) is 0 Å². The molecule has 0 aliphatic rings. The van der Waals surface area contributed by atoms with E-state index in [2.05, 4.69) is 39.8 Å². The minimum absolute atomic E-state index is 0.465. The molecule has 10 heavy (non-hydrogen) atoms. The molecule has 0 rings (SSSR count). The molecule has 0 saturated carbocycles. The Balaban J connectivity index is 0. The van der Waals surface area contributed by atoms with Crippen LogP contribution in [-0.2, 0) is 0 Å². The Labute approximate surface area is 66.3 Å². The summed E-state index contributed by atoms with van der Waals surface area (Å²) in [5, 5.41) is 0. The number of rotatable bonds is 1. The van der Waals surface area contributed by atoms with Crippen LogP contribution in [0.4, 0.5) is 0 Å². The van der Waals surface area contributed by atoms with E-state index in [1.54, 1.807) is 0 Å². The highest BCUT2D eigenvalue weighted by atomic mass is 14.1. The van der Waals surface area contributed by atoms with Crippen molar-refractivity contribution in [3.05, 3.63) is 12.2 Å². The topological polar surface area (TPSA) is 0 Å². The third-order valence-electron chi connectivity index (χ3n) is 0.966. The second-order valence-electron chi connectivity index (χ2n) is 3.33. The van der Waals surface area contributed by atoms with Gasteiger partial charge in [0.25, 0.3) is 0 Å². The second-order valence-corrected chi connectivity index (χ2v) is 3.33. The maximum atomic E-state index is 2.24. The molecule has 0 fully saturated rings. The fourth-order valence-electron chi connectivity index (χ4n) is 0.471. The van der Waals surface area contributed by atoms with Crippen LogP contribution < -0.4 is 0 Å². The number of hydrogen-bond acceptors (Lipinski definition) is 0.